The number of rotatable bonds is 3. The van der Waals surface area contributed by atoms with E-state index in [9.17, 15) is 4.79 Å². The van der Waals surface area contributed by atoms with Crippen LogP contribution in [0.3, 0.4) is 0 Å². The number of hydrogen-bond acceptors (Lipinski definition) is 2. The number of esters is 1. The van der Waals surface area contributed by atoms with E-state index < -0.39 is 5.97 Å². The number of hydrogen-bond donors (Lipinski definition) is 0. The molecule has 1 aromatic rings. The minimum absolute atomic E-state index is 0.340. The van der Waals surface area contributed by atoms with Gasteiger partial charge in [0.15, 0.2) is 0 Å². The third-order valence-corrected chi connectivity index (χ3v) is 3.43. The van der Waals surface area contributed by atoms with Crippen LogP contribution in [0.2, 0.25) is 5.02 Å². The molecule has 0 saturated carbocycles. The molecule has 0 fully saturated rings. The van der Waals surface area contributed by atoms with Crippen molar-refractivity contribution in [1.29, 1.82) is 0 Å². The zero-order chi connectivity index (χ0) is 11.4. The predicted octanol–water partition coefficient (Wildman–Crippen LogP) is 4.17. The van der Waals surface area contributed by atoms with Crippen LogP contribution in [0.15, 0.2) is 16.6 Å². The molecule has 0 aliphatic heterocycles. The lowest BCUT2D eigenvalue weighted by atomic mass is 10.1. The van der Waals surface area contributed by atoms with Crippen LogP contribution in [0.5, 0.6) is 0 Å². The molecule has 0 aliphatic carbocycles. The smallest absolute Gasteiger partial charge is 0.339 e. The van der Waals surface area contributed by atoms with Crippen molar-refractivity contribution in [3.63, 3.8) is 0 Å². The number of benzene rings is 1. The van der Waals surface area contributed by atoms with Crippen molar-refractivity contribution in [2.24, 2.45) is 0 Å². The van der Waals surface area contributed by atoms with Gasteiger partial charge in [-0.3, -0.25) is 0 Å². The number of ether oxygens (including phenoxy) is 1. The number of carbonyl (C=O) groups is 1. The van der Waals surface area contributed by atoms with Gasteiger partial charge in [-0.05, 0) is 24.6 Å². The van der Waals surface area contributed by atoms with Gasteiger partial charge < -0.3 is 4.74 Å². The molecule has 0 aromatic heterocycles. The molecular weight excluding hydrogens is 347 g/mol. The highest BCUT2D eigenvalue weighted by Crippen LogP contribution is 2.27. The summed E-state index contributed by atoms with van der Waals surface area (Å²) in [5.41, 5.74) is 1.38. The van der Waals surface area contributed by atoms with Gasteiger partial charge in [0.05, 0.1) is 17.2 Å². The first kappa shape index (κ1) is 13.0. The van der Waals surface area contributed by atoms with Gasteiger partial charge in [-0.25, -0.2) is 4.79 Å². The maximum atomic E-state index is 11.5. The number of halogens is 3. The molecule has 0 spiro atoms. The van der Waals surface area contributed by atoms with Crippen LogP contribution < -0.4 is 0 Å². The summed E-state index contributed by atoms with van der Waals surface area (Å²) in [6, 6.07) is 3.42. The molecule has 0 atom stereocenters. The van der Waals surface area contributed by atoms with Crippen LogP contribution in [0, 0.1) is 0 Å². The van der Waals surface area contributed by atoms with Crippen LogP contribution in [0.25, 0.3) is 0 Å². The summed E-state index contributed by atoms with van der Waals surface area (Å²) >= 11 is 12.7. The predicted molar refractivity (Wildman–Crippen MR) is 67.7 cm³/mol. The van der Waals surface area contributed by atoms with E-state index in [1.807, 2.05) is 0 Å². The Morgan fingerprint density at radius 2 is 2.20 bits per heavy atom. The van der Waals surface area contributed by atoms with E-state index in [0.717, 1.165) is 10.0 Å². The van der Waals surface area contributed by atoms with Gasteiger partial charge in [-0.1, -0.05) is 43.5 Å². The van der Waals surface area contributed by atoms with Crippen molar-refractivity contribution in [3.05, 3.63) is 32.8 Å². The minimum atomic E-state index is -0.399. The van der Waals surface area contributed by atoms with Crippen LogP contribution >= 0.6 is 43.5 Å². The normalized spacial score (nSPS) is 10.1. The fraction of sp³-hybridized carbons (Fsp3) is 0.300. The van der Waals surface area contributed by atoms with Crippen LogP contribution in [-0.4, -0.2) is 12.6 Å². The Balaban J connectivity index is 3.10. The number of alkyl halides is 1. The molecule has 1 aromatic carbocycles. The van der Waals surface area contributed by atoms with Crippen LogP contribution in [0.1, 0.15) is 22.8 Å². The zero-order valence-corrected chi connectivity index (χ0v) is 11.9. The van der Waals surface area contributed by atoms with Crippen molar-refractivity contribution in [1.82, 2.24) is 0 Å². The van der Waals surface area contributed by atoms with Gasteiger partial charge in [0.1, 0.15) is 0 Å². The van der Waals surface area contributed by atoms with Gasteiger partial charge in [0, 0.05) is 9.80 Å². The molecule has 1 rings (SSSR count). The molecule has 0 bridgehead atoms. The highest BCUT2D eigenvalue weighted by molar-refractivity contribution is 9.10. The zero-order valence-electron chi connectivity index (χ0n) is 8.02. The standard InChI is InChI=1S/C10H9Br2ClO2/c1-2-15-10(14)7-4-8(12)6(5-11)3-9(7)13/h3-4H,2,5H2,1H3. The van der Waals surface area contributed by atoms with E-state index in [-0.39, 0.29) is 0 Å². The van der Waals surface area contributed by atoms with Crippen molar-refractivity contribution in [2.45, 2.75) is 12.3 Å². The molecule has 0 N–H and O–H groups in total. The Morgan fingerprint density at radius 1 is 1.53 bits per heavy atom. The van der Waals surface area contributed by atoms with Gasteiger partial charge in [-0.2, -0.15) is 0 Å². The minimum Gasteiger partial charge on any atom is -0.462 e. The van der Waals surface area contributed by atoms with E-state index in [0.29, 0.717) is 22.5 Å². The Morgan fingerprint density at radius 3 is 2.73 bits per heavy atom. The fourth-order valence-corrected chi connectivity index (χ4v) is 2.64. The van der Waals surface area contributed by atoms with Crippen molar-refractivity contribution in [2.75, 3.05) is 6.61 Å². The van der Waals surface area contributed by atoms with E-state index in [4.69, 9.17) is 16.3 Å². The lowest BCUT2D eigenvalue weighted by molar-refractivity contribution is 0.0526. The van der Waals surface area contributed by atoms with E-state index in [1.165, 1.54) is 0 Å². The first-order valence-corrected chi connectivity index (χ1v) is 6.60. The summed E-state index contributed by atoms with van der Waals surface area (Å²) in [4.78, 5) is 11.5. The molecule has 2 nitrogen and oxygen atoms in total. The second-order valence-corrected chi connectivity index (χ2v) is 4.60. The highest BCUT2D eigenvalue weighted by atomic mass is 79.9. The molecule has 15 heavy (non-hydrogen) atoms. The Bertz CT molecular complexity index is 380. The first-order valence-electron chi connectivity index (χ1n) is 4.31. The van der Waals surface area contributed by atoms with Gasteiger partial charge in [0.25, 0.3) is 0 Å². The van der Waals surface area contributed by atoms with Crippen LogP contribution in [0.4, 0.5) is 0 Å². The van der Waals surface area contributed by atoms with Crippen LogP contribution in [-0.2, 0) is 10.1 Å². The van der Waals surface area contributed by atoms with E-state index >= 15 is 0 Å². The summed E-state index contributed by atoms with van der Waals surface area (Å²) in [6.45, 7) is 2.10. The average molecular weight is 356 g/mol. The SMILES string of the molecule is CCOC(=O)c1cc(Br)c(CBr)cc1Cl. The van der Waals surface area contributed by atoms with Gasteiger partial charge >= 0.3 is 5.97 Å². The molecule has 82 valence electrons. The van der Waals surface area contributed by atoms with Crippen molar-refractivity contribution in [3.8, 4) is 0 Å². The Labute approximate surface area is 110 Å². The maximum absolute atomic E-state index is 11.5. The Hall–Kier alpha value is -0.0600. The topological polar surface area (TPSA) is 26.3 Å². The largest absolute Gasteiger partial charge is 0.462 e. The molecule has 0 unspecified atom stereocenters. The monoisotopic (exact) mass is 354 g/mol. The summed E-state index contributed by atoms with van der Waals surface area (Å²) in [5.74, 6) is -0.399. The third kappa shape index (κ3) is 3.20. The third-order valence-electron chi connectivity index (χ3n) is 1.78. The average Bonchev–Trinajstić information content (AvgIpc) is 2.21. The summed E-state index contributed by atoms with van der Waals surface area (Å²) in [6.07, 6.45) is 0. The fourth-order valence-electron chi connectivity index (χ4n) is 1.06. The molecule has 0 heterocycles. The maximum Gasteiger partial charge on any atom is 0.339 e. The summed E-state index contributed by atoms with van der Waals surface area (Å²) in [5, 5.41) is 1.09. The molecule has 0 radical (unpaired) electrons. The second-order valence-electron chi connectivity index (χ2n) is 2.78. The molecule has 0 amide bonds. The van der Waals surface area contributed by atoms with E-state index in [2.05, 4.69) is 31.9 Å². The quantitative estimate of drug-likeness (QED) is 0.600. The van der Waals surface area contributed by atoms with Gasteiger partial charge in [0.2, 0.25) is 0 Å². The first-order chi connectivity index (χ1) is 7.10. The lowest BCUT2D eigenvalue weighted by Crippen LogP contribution is -2.05. The van der Waals surface area contributed by atoms with Crippen molar-refractivity contribution < 1.29 is 9.53 Å². The summed E-state index contributed by atoms with van der Waals surface area (Å²) in [7, 11) is 0. The second kappa shape index (κ2) is 5.87. The van der Waals surface area contributed by atoms with Crippen molar-refractivity contribution >= 4 is 49.4 Å². The molecule has 5 heteroatoms. The van der Waals surface area contributed by atoms with E-state index in [1.54, 1.807) is 19.1 Å². The number of carbonyl (C=O) groups excluding carboxylic acids is 1. The lowest BCUT2D eigenvalue weighted by Gasteiger charge is -2.07. The molecule has 0 saturated heterocycles. The van der Waals surface area contributed by atoms with Gasteiger partial charge in [-0.15, -0.1) is 0 Å². The Kier molecular flexibility index (Phi) is 5.09. The summed E-state index contributed by atoms with van der Waals surface area (Å²) < 4.78 is 5.72. The highest BCUT2D eigenvalue weighted by Gasteiger charge is 2.14. The molecule has 0 aliphatic rings. The molecular formula is C10H9Br2ClO2.